The van der Waals surface area contributed by atoms with E-state index in [1.165, 1.54) is 24.5 Å². The third-order valence-electron chi connectivity index (χ3n) is 7.25. The van der Waals surface area contributed by atoms with E-state index in [1.54, 1.807) is 43.9 Å². The van der Waals surface area contributed by atoms with Crippen LogP contribution in [0.2, 0.25) is 0 Å². The normalized spacial score (nSPS) is 17.8. The van der Waals surface area contributed by atoms with E-state index in [0.29, 0.717) is 40.1 Å². The number of aliphatic hydroxyl groups is 1. The third kappa shape index (κ3) is 4.23. The van der Waals surface area contributed by atoms with E-state index in [-0.39, 0.29) is 36.3 Å². The minimum atomic E-state index is -3.05. The number of rotatable bonds is 7. The Kier molecular flexibility index (Phi) is 6.17. The number of hydrogen-bond acceptors (Lipinski definition) is 8. The van der Waals surface area contributed by atoms with Crippen LogP contribution in [0.25, 0.3) is 22.2 Å². The van der Waals surface area contributed by atoms with Crippen LogP contribution < -0.4 is 9.64 Å². The number of nitrogens with zero attached hydrogens (tertiary/aromatic N) is 5. The van der Waals surface area contributed by atoms with Crippen molar-refractivity contribution in [1.29, 1.82) is 0 Å². The average Bonchev–Trinajstić information content (AvgIpc) is 3.40. The Morgan fingerprint density at radius 3 is 2.62 bits per heavy atom. The molecule has 2 bridgehead atoms. The fraction of sp³-hybridized carbons (Fsp3) is 0.357. The second-order valence-electron chi connectivity index (χ2n) is 10.3. The SMILES string of the molecule is CCOC(=O)CN1c2cccc(OC(F)F)c2[C@H]2C[C@@H]1c1nc3cc(F)c(-c4cnc(C(C)(C)O)nc4)cc3n12. The second kappa shape index (κ2) is 9.47. The van der Waals surface area contributed by atoms with Gasteiger partial charge in [0.1, 0.15) is 29.5 Å². The zero-order valence-electron chi connectivity index (χ0n) is 21.9. The summed E-state index contributed by atoms with van der Waals surface area (Å²) < 4.78 is 54.2. The smallest absolute Gasteiger partial charge is 0.387 e. The van der Waals surface area contributed by atoms with E-state index >= 15 is 4.39 Å². The number of imidazole rings is 1. The first kappa shape index (κ1) is 26.1. The molecule has 0 fully saturated rings. The van der Waals surface area contributed by atoms with Gasteiger partial charge in [-0.05, 0) is 39.0 Å². The molecule has 1 N–H and O–H groups in total. The molecule has 0 saturated carbocycles. The van der Waals surface area contributed by atoms with Crippen molar-refractivity contribution in [3.8, 4) is 16.9 Å². The van der Waals surface area contributed by atoms with Gasteiger partial charge in [-0.1, -0.05) is 6.07 Å². The van der Waals surface area contributed by atoms with E-state index in [0.717, 1.165) is 0 Å². The van der Waals surface area contributed by atoms with E-state index in [9.17, 15) is 18.7 Å². The number of anilines is 1. The summed E-state index contributed by atoms with van der Waals surface area (Å²) in [6.07, 6.45) is 3.33. The van der Waals surface area contributed by atoms with E-state index in [2.05, 4.69) is 9.97 Å². The van der Waals surface area contributed by atoms with E-state index < -0.39 is 30.0 Å². The molecular formula is C28H26F3N5O4. The summed E-state index contributed by atoms with van der Waals surface area (Å²) in [5.41, 5.74) is 1.39. The Hall–Kier alpha value is -4.19. The maximum Gasteiger partial charge on any atom is 0.387 e. The summed E-state index contributed by atoms with van der Waals surface area (Å²) in [4.78, 5) is 27.5. The Balaban J connectivity index is 1.51. The van der Waals surface area contributed by atoms with Crippen LogP contribution in [-0.4, -0.2) is 50.4 Å². The minimum absolute atomic E-state index is 0.00236. The quantitative estimate of drug-likeness (QED) is 0.323. The first-order chi connectivity index (χ1) is 19.1. The number of fused-ring (bicyclic) bond motifs is 9. The summed E-state index contributed by atoms with van der Waals surface area (Å²) in [6, 6.07) is 6.96. The largest absolute Gasteiger partial charge is 0.465 e. The molecular weight excluding hydrogens is 527 g/mol. The number of hydrogen-bond donors (Lipinski definition) is 1. The molecule has 2 aromatic carbocycles. The number of benzene rings is 2. The molecule has 0 unspecified atom stereocenters. The molecule has 0 amide bonds. The standard InChI is InChI=1S/C28H26F3N5O4/c1-4-39-23(37)13-35-18-6-5-7-22(40-27(30)31)24(18)20-10-21(35)25-34-17-9-16(29)15(8-19(17)36(20)25)14-11-32-26(33-12-14)28(2,3)38/h5-9,11-12,20-21,27,38H,4,10,13H2,1-3H3/t20-,21-/m1/s1. The van der Waals surface area contributed by atoms with Crippen LogP contribution in [0.5, 0.6) is 5.75 Å². The van der Waals surface area contributed by atoms with Crippen LogP contribution in [0.4, 0.5) is 18.9 Å². The fourth-order valence-corrected chi connectivity index (χ4v) is 5.66. The fourth-order valence-electron chi connectivity index (χ4n) is 5.66. The highest BCUT2D eigenvalue weighted by atomic mass is 19.3. The summed E-state index contributed by atoms with van der Waals surface area (Å²) in [7, 11) is 0. The predicted octanol–water partition coefficient (Wildman–Crippen LogP) is 4.88. The van der Waals surface area contributed by atoms with Crippen LogP contribution >= 0.6 is 0 Å². The zero-order chi connectivity index (χ0) is 28.3. The van der Waals surface area contributed by atoms with Crippen LogP contribution in [0.15, 0.2) is 42.7 Å². The van der Waals surface area contributed by atoms with Crippen molar-refractivity contribution in [2.24, 2.45) is 0 Å². The third-order valence-corrected chi connectivity index (χ3v) is 7.25. The predicted molar refractivity (Wildman–Crippen MR) is 139 cm³/mol. The Labute approximate surface area is 227 Å². The van der Waals surface area contributed by atoms with Crippen LogP contribution in [0, 0.1) is 5.82 Å². The van der Waals surface area contributed by atoms with Gasteiger partial charge in [0.15, 0.2) is 5.82 Å². The van der Waals surface area contributed by atoms with Crippen molar-refractivity contribution in [1.82, 2.24) is 19.5 Å². The minimum Gasteiger partial charge on any atom is -0.465 e. The van der Waals surface area contributed by atoms with Gasteiger partial charge in [-0.3, -0.25) is 4.79 Å². The average molecular weight is 554 g/mol. The maximum absolute atomic E-state index is 15.3. The molecule has 0 aliphatic carbocycles. The molecule has 2 aliphatic rings. The molecule has 2 aliphatic heterocycles. The lowest BCUT2D eigenvalue weighted by Gasteiger charge is -2.36. The highest BCUT2D eigenvalue weighted by molar-refractivity contribution is 5.85. The number of halogens is 3. The molecule has 0 saturated heterocycles. The van der Waals surface area contributed by atoms with Crippen molar-refractivity contribution in [3.63, 3.8) is 0 Å². The topological polar surface area (TPSA) is 103 Å². The van der Waals surface area contributed by atoms with Gasteiger partial charge in [0.25, 0.3) is 0 Å². The lowest BCUT2D eigenvalue weighted by molar-refractivity contribution is -0.141. The Morgan fingerprint density at radius 2 is 1.95 bits per heavy atom. The molecule has 2 aromatic heterocycles. The molecule has 6 rings (SSSR count). The number of ether oxygens (including phenoxy) is 2. The van der Waals surface area contributed by atoms with Gasteiger partial charge >= 0.3 is 12.6 Å². The van der Waals surface area contributed by atoms with Crippen molar-refractivity contribution in [2.75, 3.05) is 18.1 Å². The van der Waals surface area contributed by atoms with E-state index in [1.807, 2.05) is 4.57 Å². The highest BCUT2D eigenvalue weighted by Gasteiger charge is 2.46. The number of carbonyl (C=O) groups excluding carboxylic acids is 1. The van der Waals surface area contributed by atoms with Gasteiger partial charge in [0.2, 0.25) is 0 Å². The molecule has 4 aromatic rings. The number of aromatic nitrogens is 4. The summed E-state index contributed by atoms with van der Waals surface area (Å²) in [5.74, 6) is -0.239. The van der Waals surface area contributed by atoms with Gasteiger partial charge in [0, 0.05) is 47.3 Å². The molecule has 12 heteroatoms. The van der Waals surface area contributed by atoms with Crippen LogP contribution in [0.1, 0.15) is 56.5 Å². The number of alkyl halides is 2. The summed E-state index contributed by atoms with van der Waals surface area (Å²) in [5, 5.41) is 10.2. The van der Waals surface area contributed by atoms with Crippen LogP contribution in [0.3, 0.4) is 0 Å². The number of esters is 1. The van der Waals surface area contributed by atoms with Gasteiger partial charge in [0.05, 0.1) is 29.7 Å². The van der Waals surface area contributed by atoms with Gasteiger partial charge < -0.3 is 24.0 Å². The molecule has 208 valence electrons. The zero-order valence-corrected chi connectivity index (χ0v) is 21.9. The first-order valence-electron chi connectivity index (χ1n) is 12.8. The van der Waals surface area contributed by atoms with Crippen molar-refractivity contribution in [3.05, 3.63) is 65.8 Å². The number of carbonyl (C=O) groups is 1. The Bertz CT molecular complexity index is 1620. The molecule has 0 radical (unpaired) electrons. The maximum atomic E-state index is 15.3. The lowest BCUT2D eigenvalue weighted by atomic mass is 9.93. The van der Waals surface area contributed by atoms with Crippen LogP contribution in [-0.2, 0) is 15.1 Å². The van der Waals surface area contributed by atoms with Gasteiger partial charge in [-0.15, -0.1) is 0 Å². The Morgan fingerprint density at radius 1 is 1.20 bits per heavy atom. The van der Waals surface area contributed by atoms with Crippen molar-refractivity contribution < 1.29 is 32.5 Å². The highest BCUT2D eigenvalue weighted by Crippen LogP contribution is 2.55. The van der Waals surface area contributed by atoms with Gasteiger partial charge in [-0.2, -0.15) is 8.78 Å². The molecule has 40 heavy (non-hydrogen) atoms. The molecule has 0 spiro atoms. The van der Waals surface area contributed by atoms with Crippen molar-refractivity contribution in [2.45, 2.75) is 51.5 Å². The molecule has 4 heterocycles. The second-order valence-corrected chi connectivity index (χ2v) is 10.3. The monoisotopic (exact) mass is 553 g/mol. The molecule has 2 atom stereocenters. The summed E-state index contributed by atoms with van der Waals surface area (Å²) >= 11 is 0. The van der Waals surface area contributed by atoms with Gasteiger partial charge in [-0.25, -0.2) is 19.3 Å². The van der Waals surface area contributed by atoms with Crippen molar-refractivity contribution >= 4 is 22.7 Å². The summed E-state index contributed by atoms with van der Waals surface area (Å²) in [6.45, 7) is 1.84. The first-order valence-corrected chi connectivity index (χ1v) is 12.8. The van der Waals surface area contributed by atoms with E-state index in [4.69, 9.17) is 14.5 Å². The molecule has 9 nitrogen and oxygen atoms in total. The lowest BCUT2D eigenvalue weighted by Crippen LogP contribution is -2.37.